The van der Waals surface area contributed by atoms with Crippen LogP contribution in [0.3, 0.4) is 0 Å². The number of halogens is 1. The van der Waals surface area contributed by atoms with Crippen molar-refractivity contribution in [2.45, 2.75) is 64.9 Å². The molecule has 0 aliphatic heterocycles. The van der Waals surface area contributed by atoms with Crippen LogP contribution in [0.25, 0.3) is 0 Å². The lowest BCUT2D eigenvalue weighted by atomic mass is 9.46. The molecule has 0 heterocycles. The van der Waals surface area contributed by atoms with Gasteiger partial charge in [-0.1, -0.05) is 39.0 Å². The van der Waals surface area contributed by atoms with Crippen LogP contribution in [-0.2, 0) is 9.59 Å². The van der Waals surface area contributed by atoms with E-state index in [-0.39, 0.29) is 16.7 Å². The van der Waals surface area contributed by atoms with Crippen molar-refractivity contribution in [2.75, 3.05) is 0 Å². The summed E-state index contributed by atoms with van der Waals surface area (Å²) in [7, 11) is 0. The molecule has 25 heavy (non-hydrogen) atoms. The maximum Gasteiger partial charge on any atom is 0.146 e. The standard InChI is InChI=1S/C21H31ClO3/c1-13(2)14(3)8-9-20(4)18-7-6-15(11-23)16(12-24)21(18,5)10-17(25)19(20)22/h6,11-12,14,16-19,25H,1,7-10H2,2-5H3/t14-,16+,17+,18+,19-,20+,21-/m0/s1. The van der Waals surface area contributed by atoms with E-state index >= 15 is 0 Å². The molecule has 7 atom stereocenters. The van der Waals surface area contributed by atoms with Gasteiger partial charge in [-0.15, -0.1) is 11.6 Å². The number of alkyl halides is 1. The Morgan fingerprint density at radius 2 is 2.12 bits per heavy atom. The van der Waals surface area contributed by atoms with Crippen LogP contribution < -0.4 is 0 Å². The number of hydrogen-bond donors (Lipinski definition) is 1. The van der Waals surface area contributed by atoms with Crippen molar-refractivity contribution in [3.05, 3.63) is 23.8 Å². The molecule has 0 aromatic heterocycles. The number of aliphatic hydroxyl groups excluding tert-OH is 1. The Morgan fingerprint density at radius 3 is 2.64 bits per heavy atom. The fraction of sp³-hybridized carbons (Fsp3) is 0.714. The maximum absolute atomic E-state index is 11.8. The number of carbonyl (C=O) groups excluding carboxylic acids is 2. The van der Waals surface area contributed by atoms with E-state index in [2.05, 4.69) is 20.4 Å². The second-order valence-electron chi connectivity index (χ2n) is 8.69. The van der Waals surface area contributed by atoms with Crippen LogP contribution in [0.1, 0.15) is 53.4 Å². The molecule has 3 nitrogen and oxygen atoms in total. The molecule has 2 rings (SSSR count). The third-order valence-electron chi connectivity index (χ3n) is 7.10. The second-order valence-corrected chi connectivity index (χ2v) is 9.17. The number of allylic oxidation sites excluding steroid dienone is 3. The van der Waals surface area contributed by atoms with Crippen molar-refractivity contribution in [1.82, 2.24) is 0 Å². The summed E-state index contributed by atoms with van der Waals surface area (Å²) in [6, 6.07) is 0. The molecule has 0 saturated heterocycles. The SMILES string of the molecule is C=C(C)[C@@H](C)CC[C@]1(C)[C@H]2CC=C(C=O)[C@@H](C=O)[C@]2(C)C[C@@H](O)[C@@H]1Cl. The first-order chi connectivity index (χ1) is 11.6. The highest BCUT2D eigenvalue weighted by molar-refractivity contribution is 6.21. The van der Waals surface area contributed by atoms with Gasteiger partial charge in [-0.05, 0) is 60.8 Å². The monoisotopic (exact) mass is 366 g/mol. The van der Waals surface area contributed by atoms with Crippen LogP contribution in [0, 0.1) is 28.6 Å². The van der Waals surface area contributed by atoms with Gasteiger partial charge in [0.2, 0.25) is 0 Å². The zero-order valence-corrected chi connectivity index (χ0v) is 16.6. The van der Waals surface area contributed by atoms with E-state index in [1.54, 1.807) is 0 Å². The largest absolute Gasteiger partial charge is 0.392 e. The summed E-state index contributed by atoms with van der Waals surface area (Å²) in [4.78, 5) is 23.2. The molecule has 0 amide bonds. The third kappa shape index (κ3) is 3.38. The molecule has 140 valence electrons. The first kappa shape index (κ1) is 20.4. The van der Waals surface area contributed by atoms with E-state index in [0.717, 1.165) is 37.4 Å². The number of hydrogen-bond acceptors (Lipinski definition) is 3. The Balaban J connectivity index is 2.42. The van der Waals surface area contributed by atoms with Gasteiger partial charge in [-0.25, -0.2) is 0 Å². The van der Waals surface area contributed by atoms with E-state index in [1.165, 1.54) is 0 Å². The van der Waals surface area contributed by atoms with Crippen molar-refractivity contribution in [2.24, 2.45) is 28.6 Å². The lowest BCUT2D eigenvalue weighted by Gasteiger charge is -2.59. The third-order valence-corrected chi connectivity index (χ3v) is 7.89. The van der Waals surface area contributed by atoms with E-state index in [9.17, 15) is 14.7 Å². The molecule has 0 aromatic rings. The summed E-state index contributed by atoms with van der Waals surface area (Å²) < 4.78 is 0. The molecular weight excluding hydrogens is 336 g/mol. The highest BCUT2D eigenvalue weighted by Crippen LogP contribution is 2.62. The van der Waals surface area contributed by atoms with Crippen molar-refractivity contribution >= 4 is 24.2 Å². The summed E-state index contributed by atoms with van der Waals surface area (Å²) in [6.07, 6.45) is 5.88. The quantitative estimate of drug-likeness (QED) is 0.432. The minimum Gasteiger partial charge on any atom is -0.392 e. The van der Waals surface area contributed by atoms with Gasteiger partial charge in [0.1, 0.15) is 12.6 Å². The highest BCUT2D eigenvalue weighted by Gasteiger charge is 2.59. The molecule has 0 aromatic carbocycles. The molecule has 2 aliphatic rings. The van der Waals surface area contributed by atoms with Crippen molar-refractivity contribution in [3.8, 4) is 0 Å². The summed E-state index contributed by atoms with van der Waals surface area (Å²) >= 11 is 6.73. The molecule has 0 unspecified atom stereocenters. The van der Waals surface area contributed by atoms with Gasteiger partial charge in [0.05, 0.1) is 11.5 Å². The second kappa shape index (κ2) is 7.36. The Hall–Kier alpha value is -0.930. The average molecular weight is 367 g/mol. The van der Waals surface area contributed by atoms with Gasteiger partial charge in [-0.2, -0.15) is 0 Å². The first-order valence-electron chi connectivity index (χ1n) is 9.19. The van der Waals surface area contributed by atoms with Crippen LogP contribution in [0.15, 0.2) is 23.8 Å². The van der Waals surface area contributed by atoms with Gasteiger partial charge >= 0.3 is 0 Å². The molecule has 1 N–H and O–H groups in total. The molecule has 1 saturated carbocycles. The van der Waals surface area contributed by atoms with Crippen LogP contribution in [0.4, 0.5) is 0 Å². The van der Waals surface area contributed by atoms with Gasteiger partial charge in [0.15, 0.2) is 0 Å². The van der Waals surface area contributed by atoms with Crippen LogP contribution in [0.5, 0.6) is 0 Å². The van der Waals surface area contributed by atoms with Crippen LogP contribution in [0.2, 0.25) is 0 Å². The Morgan fingerprint density at radius 1 is 1.48 bits per heavy atom. The number of fused-ring (bicyclic) bond motifs is 1. The topological polar surface area (TPSA) is 54.4 Å². The van der Waals surface area contributed by atoms with Crippen molar-refractivity contribution in [3.63, 3.8) is 0 Å². The minimum atomic E-state index is -0.679. The maximum atomic E-state index is 11.8. The Bertz CT molecular complexity index is 584. The zero-order chi connectivity index (χ0) is 19.0. The van der Waals surface area contributed by atoms with Crippen LogP contribution in [-0.4, -0.2) is 29.2 Å². The lowest BCUT2D eigenvalue weighted by molar-refractivity contribution is -0.131. The average Bonchev–Trinajstić information content (AvgIpc) is 2.56. The smallest absolute Gasteiger partial charge is 0.146 e. The molecule has 0 bridgehead atoms. The van der Waals surface area contributed by atoms with Crippen molar-refractivity contribution < 1.29 is 14.7 Å². The number of rotatable bonds is 6. The van der Waals surface area contributed by atoms with E-state index in [4.69, 9.17) is 11.6 Å². The van der Waals surface area contributed by atoms with Crippen LogP contribution >= 0.6 is 11.6 Å². The molecule has 1 fully saturated rings. The molecule has 0 radical (unpaired) electrons. The number of carbonyl (C=O) groups is 2. The van der Waals surface area contributed by atoms with Gasteiger partial charge in [0.25, 0.3) is 0 Å². The summed E-state index contributed by atoms with van der Waals surface area (Å²) in [5.74, 6) is 0.0696. The summed E-state index contributed by atoms with van der Waals surface area (Å²) in [5, 5.41) is 10.3. The first-order valence-corrected chi connectivity index (χ1v) is 9.63. The van der Waals surface area contributed by atoms with E-state index in [1.807, 2.05) is 19.9 Å². The van der Waals surface area contributed by atoms with Crippen molar-refractivity contribution in [1.29, 1.82) is 0 Å². The fourth-order valence-electron chi connectivity index (χ4n) is 5.17. The van der Waals surface area contributed by atoms with Gasteiger partial charge in [0, 0.05) is 5.92 Å². The molecule has 0 spiro atoms. The van der Waals surface area contributed by atoms with E-state index < -0.39 is 17.4 Å². The fourth-order valence-corrected chi connectivity index (χ4v) is 5.52. The molecule has 4 heteroatoms. The van der Waals surface area contributed by atoms with Gasteiger partial charge in [-0.3, -0.25) is 4.79 Å². The summed E-state index contributed by atoms with van der Waals surface area (Å²) in [5.41, 5.74) is 0.945. The minimum absolute atomic E-state index is 0.155. The molecular formula is C21H31ClO3. The van der Waals surface area contributed by atoms with Gasteiger partial charge < -0.3 is 9.90 Å². The highest BCUT2D eigenvalue weighted by atomic mass is 35.5. The molecule has 2 aliphatic carbocycles. The van der Waals surface area contributed by atoms with E-state index in [0.29, 0.717) is 17.9 Å². The Labute approximate surface area is 156 Å². The Kier molecular flexibility index (Phi) is 6.00. The summed E-state index contributed by atoms with van der Waals surface area (Å²) in [6.45, 7) is 12.4. The lowest BCUT2D eigenvalue weighted by Crippen LogP contribution is -2.59. The zero-order valence-electron chi connectivity index (χ0n) is 15.8. The number of aldehydes is 2. The normalized spacial score (nSPS) is 42.1. The predicted octanol–water partition coefficient (Wildman–Crippen LogP) is 4.32. The predicted molar refractivity (Wildman–Crippen MR) is 101 cm³/mol. The number of aliphatic hydroxyl groups is 1.